The first kappa shape index (κ1) is 9.85. The molecule has 2 N–H and O–H groups in total. The van der Waals surface area contributed by atoms with Crippen LogP contribution in [0.5, 0.6) is 0 Å². The van der Waals surface area contributed by atoms with Gasteiger partial charge >= 0.3 is 0 Å². The van der Waals surface area contributed by atoms with E-state index in [0.717, 1.165) is 0 Å². The summed E-state index contributed by atoms with van der Waals surface area (Å²) in [6, 6.07) is 0. The van der Waals surface area contributed by atoms with E-state index in [4.69, 9.17) is 9.84 Å². The maximum absolute atomic E-state index is 11.7. The molecule has 5 heteroatoms. The zero-order valence-corrected chi connectivity index (χ0v) is 6.81. The van der Waals surface area contributed by atoms with Gasteiger partial charge in [-0.25, -0.2) is 0 Å². The summed E-state index contributed by atoms with van der Waals surface area (Å²) >= 11 is 0. The molecule has 72 valence electrons. The summed E-state index contributed by atoms with van der Waals surface area (Å²) in [5.74, 6) is -0.315. The summed E-state index contributed by atoms with van der Waals surface area (Å²) in [4.78, 5) is 3.51. The fourth-order valence-electron chi connectivity index (χ4n) is 1.32. The molecule has 0 saturated carbocycles. The Balaban J connectivity index is 2.52. The van der Waals surface area contributed by atoms with Gasteiger partial charge in [0.1, 0.15) is 6.10 Å². The Hall–Kier alpha value is -0.230. The number of hydrogen-bond donors (Lipinski definition) is 2. The minimum atomic E-state index is -0.928. The molecule has 0 aromatic rings. The van der Waals surface area contributed by atoms with E-state index >= 15 is 0 Å². The van der Waals surface area contributed by atoms with E-state index in [1.165, 1.54) is 0 Å². The predicted molar refractivity (Wildman–Crippen MR) is 38.0 cm³/mol. The quantitative estimate of drug-likeness (QED) is 0.609. The van der Waals surface area contributed by atoms with Crippen molar-refractivity contribution in [2.24, 2.45) is 5.92 Å². The van der Waals surface area contributed by atoms with Crippen molar-refractivity contribution in [3.8, 4) is 0 Å². The van der Waals surface area contributed by atoms with E-state index in [0.29, 0.717) is 0 Å². The first-order valence-corrected chi connectivity index (χ1v) is 3.88. The van der Waals surface area contributed by atoms with Crippen LogP contribution >= 0.6 is 0 Å². The van der Waals surface area contributed by atoms with Crippen LogP contribution < -0.4 is 0 Å². The molecule has 12 heavy (non-hydrogen) atoms. The van der Waals surface area contributed by atoms with Crippen LogP contribution in [0.25, 0.3) is 0 Å². The molecular weight excluding hydrogens is 167 g/mol. The molecule has 1 heterocycles. The summed E-state index contributed by atoms with van der Waals surface area (Å²) in [6.45, 7) is 1.49. The molecule has 0 aromatic heterocycles. The molecule has 1 fully saturated rings. The minimum Gasteiger partial charge on any atom is -0.394 e. The highest BCUT2D eigenvalue weighted by molar-refractivity contribution is 4.83. The van der Waals surface area contributed by atoms with Crippen LogP contribution in [0.1, 0.15) is 6.92 Å². The molecule has 4 atom stereocenters. The van der Waals surface area contributed by atoms with Crippen molar-refractivity contribution in [3.05, 3.63) is 0 Å². The number of ether oxygens (including phenoxy) is 1. The van der Waals surface area contributed by atoms with Crippen molar-refractivity contribution in [3.63, 3.8) is 0 Å². The molecule has 1 rings (SSSR count). The summed E-state index contributed by atoms with van der Waals surface area (Å²) in [5, 5.41) is 18.2. The fraction of sp³-hybridized carbons (Fsp3) is 1.00. The Bertz CT molecular complexity index is 127. The van der Waals surface area contributed by atoms with Crippen LogP contribution in [-0.2, 0) is 9.68 Å². The Morgan fingerprint density at radius 3 is 2.83 bits per heavy atom. The van der Waals surface area contributed by atoms with E-state index in [2.05, 4.69) is 4.94 Å². The van der Waals surface area contributed by atoms with Crippen LogP contribution in [0, 0.1) is 5.92 Å². The monoisotopic (exact) mass is 180 g/mol. The van der Waals surface area contributed by atoms with Gasteiger partial charge in [0.15, 0.2) is 0 Å². The Morgan fingerprint density at radius 1 is 1.67 bits per heavy atom. The zero-order chi connectivity index (χ0) is 9.14. The number of rotatable bonds is 2. The van der Waals surface area contributed by atoms with Crippen LogP contribution in [0.15, 0.2) is 0 Å². The second-order valence-electron chi connectivity index (χ2n) is 3.03. The standard InChI is InChI=1S/C7H13FO4/c1-4-5(2-9)11-3-6(12-8)7(4)10/h4-7,9-10H,2-3H2,1H3/t4?,5-,6+,7+/m1/s1. The largest absolute Gasteiger partial charge is 0.394 e. The molecule has 1 aliphatic heterocycles. The van der Waals surface area contributed by atoms with Crippen LogP contribution in [-0.4, -0.2) is 41.7 Å². The van der Waals surface area contributed by atoms with Gasteiger partial charge in [-0.15, -0.1) is 0 Å². The van der Waals surface area contributed by atoms with Crippen LogP contribution in [0.3, 0.4) is 0 Å². The summed E-state index contributed by atoms with van der Waals surface area (Å²) in [6.07, 6.45) is -2.27. The van der Waals surface area contributed by atoms with E-state index in [-0.39, 0.29) is 19.1 Å². The van der Waals surface area contributed by atoms with Gasteiger partial charge in [-0.05, 0) is 4.53 Å². The van der Waals surface area contributed by atoms with E-state index < -0.39 is 18.3 Å². The van der Waals surface area contributed by atoms with Gasteiger partial charge in [0, 0.05) is 5.92 Å². The van der Waals surface area contributed by atoms with Crippen LogP contribution in [0.2, 0.25) is 0 Å². The highest BCUT2D eigenvalue weighted by Crippen LogP contribution is 2.22. The Kier molecular flexibility index (Phi) is 3.39. The minimum absolute atomic E-state index is 0.0206. The molecule has 0 aliphatic carbocycles. The lowest BCUT2D eigenvalue weighted by Gasteiger charge is -2.35. The van der Waals surface area contributed by atoms with E-state index in [1.807, 2.05) is 0 Å². The Labute approximate surface area is 69.8 Å². The number of hydrogen-bond acceptors (Lipinski definition) is 4. The van der Waals surface area contributed by atoms with Crippen molar-refractivity contribution >= 4 is 0 Å². The van der Waals surface area contributed by atoms with Crippen molar-refractivity contribution < 1.29 is 24.4 Å². The third-order valence-electron chi connectivity index (χ3n) is 2.27. The van der Waals surface area contributed by atoms with Gasteiger partial charge in [0.05, 0.1) is 25.4 Å². The first-order valence-electron chi connectivity index (χ1n) is 3.88. The molecule has 0 spiro atoms. The molecule has 0 aromatic carbocycles. The third kappa shape index (κ3) is 1.74. The molecule has 4 nitrogen and oxygen atoms in total. The first-order chi connectivity index (χ1) is 5.70. The van der Waals surface area contributed by atoms with Gasteiger partial charge in [-0.1, -0.05) is 6.92 Å². The number of aliphatic hydroxyl groups is 2. The second-order valence-corrected chi connectivity index (χ2v) is 3.03. The number of halogens is 1. The molecule has 1 aliphatic rings. The van der Waals surface area contributed by atoms with Crippen molar-refractivity contribution in [1.29, 1.82) is 0 Å². The molecule has 0 radical (unpaired) electrons. The van der Waals surface area contributed by atoms with Gasteiger partial charge in [-0.3, -0.25) is 0 Å². The van der Waals surface area contributed by atoms with Crippen molar-refractivity contribution in [2.75, 3.05) is 13.2 Å². The van der Waals surface area contributed by atoms with Gasteiger partial charge in [0.25, 0.3) is 0 Å². The Morgan fingerprint density at radius 2 is 2.33 bits per heavy atom. The fourth-order valence-corrected chi connectivity index (χ4v) is 1.32. The molecule has 1 unspecified atom stereocenters. The lowest BCUT2D eigenvalue weighted by Crippen LogP contribution is -2.49. The van der Waals surface area contributed by atoms with Crippen molar-refractivity contribution in [2.45, 2.75) is 25.2 Å². The third-order valence-corrected chi connectivity index (χ3v) is 2.27. The molecular formula is C7H13FO4. The average Bonchev–Trinajstić information content (AvgIpc) is 2.10. The SMILES string of the molecule is CC1[C@@H](CO)OC[C@H](OF)[C@H]1O. The predicted octanol–water partition coefficient (Wildman–Crippen LogP) is -0.356. The van der Waals surface area contributed by atoms with E-state index in [1.54, 1.807) is 6.92 Å². The van der Waals surface area contributed by atoms with Crippen molar-refractivity contribution in [1.82, 2.24) is 0 Å². The normalized spacial score (nSPS) is 43.0. The molecule has 1 saturated heterocycles. The molecule has 0 bridgehead atoms. The molecule has 0 amide bonds. The van der Waals surface area contributed by atoms with Gasteiger partial charge in [0.2, 0.25) is 0 Å². The lowest BCUT2D eigenvalue weighted by molar-refractivity contribution is -0.264. The second kappa shape index (κ2) is 4.13. The van der Waals surface area contributed by atoms with Gasteiger partial charge < -0.3 is 14.9 Å². The van der Waals surface area contributed by atoms with E-state index in [9.17, 15) is 9.63 Å². The summed E-state index contributed by atoms with van der Waals surface area (Å²) in [5.41, 5.74) is 0. The summed E-state index contributed by atoms with van der Waals surface area (Å²) < 4.78 is 16.8. The highest BCUT2D eigenvalue weighted by atomic mass is 19.3. The lowest BCUT2D eigenvalue weighted by atomic mass is 9.92. The maximum Gasteiger partial charge on any atom is 0.148 e. The zero-order valence-electron chi connectivity index (χ0n) is 6.81. The topological polar surface area (TPSA) is 58.9 Å². The average molecular weight is 180 g/mol. The summed E-state index contributed by atoms with van der Waals surface area (Å²) in [7, 11) is 0. The maximum atomic E-state index is 11.7. The van der Waals surface area contributed by atoms with Gasteiger partial charge in [-0.2, -0.15) is 4.94 Å². The highest BCUT2D eigenvalue weighted by Gasteiger charge is 2.37. The number of aliphatic hydroxyl groups excluding tert-OH is 2. The smallest absolute Gasteiger partial charge is 0.148 e. The van der Waals surface area contributed by atoms with Crippen LogP contribution in [0.4, 0.5) is 4.53 Å².